The molecule has 2 aromatic carbocycles. The molecule has 1 aromatic heterocycles. The summed E-state index contributed by atoms with van der Waals surface area (Å²) in [6.07, 6.45) is 4.89. The molecule has 198 valence electrons. The molecular formula is C30H25ClF2N4O2. The molecule has 0 fully saturated rings. The first kappa shape index (κ1) is 26.5. The third-order valence-corrected chi connectivity index (χ3v) is 7.65. The molecule has 0 saturated heterocycles. The molecule has 3 heterocycles. The Hall–Kier alpha value is -4.09. The number of rotatable bonds is 2. The lowest BCUT2D eigenvalue weighted by Crippen LogP contribution is -2.38. The monoisotopic (exact) mass is 546 g/mol. The van der Waals surface area contributed by atoms with Crippen molar-refractivity contribution in [3.63, 3.8) is 0 Å². The zero-order chi connectivity index (χ0) is 27.7. The van der Waals surface area contributed by atoms with Gasteiger partial charge in [0.15, 0.2) is 5.82 Å². The second-order valence-corrected chi connectivity index (χ2v) is 10.2. The van der Waals surface area contributed by atoms with Crippen LogP contribution in [-0.2, 0) is 9.59 Å². The van der Waals surface area contributed by atoms with Crippen molar-refractivity contribution in [2.45, 2.75) is 38.6 Å². The number of anilines is 1. The van der Waals surface area contributed by atoms with Crippen LogP contribution in [0, 0.1) is 28.9 Å². The van der Waals surface area contributed by atoms with Crippen LogP contribution in [0.4, 0.5) is 14.5 Å². The summed E-state index contributed by atoms with van der Waals surface area (Å²) in [6, 6.07) is 12.8. The first-order chi connectivity index (χ1) is 18.8. The van der Waals surface area contributed by atoms with Crippen molar-refractivity contribution in [3.8, 4) is 17.2 Å². The minimum absolute atomic E-state index is 0.148. The van der Waals surface area contributed by atoms with Crippen LogP contribution in [0.1, 0.15) is 55.5 Å². The Morgan fingerprint density at radius 3 is 2.72 bits per heavy atom. The van der Waals surface area contributed by atoms with Gasteiger partial charge in [0, 0.05) is 36.0 Å². The number of benzene rings is 2. The van der Waals surface area contributed by atoms with E-state index in [-0.39, 0.29) is 46.9 Å². The Bertz CT molecular complexity index is 1550. The van der Waals surface area contributed by atoms with Crippen molar-refractivity contribution >= 4 is 34.7 Å². The van der Waals surface area contributed by atoms with Gasteiger partial charge in [-0.25, -0.2) is 8.78 Å². The largest absolute Gasteiger partial charge is 0.330 e. The Kier molecular flexibility index (Phi) is 7.45. The van der Waals surface area contributed by atoms with Crippen molar-refractivity contribution in [3.05, 3.63) is 88.2 Å². The maximum Gasteiger partial charge on any atom is 0.247 e. The van der Waals surface area contributed by atoms with Crippen LogP contribution in [0.25, 0.3) is 16.7 Å². The predicted octanol–water partition coefficient (Wildman–Crippen LogP) is 6.67. The van der Waals surface area contributed by atoms with Crippen LogP contribution < -0.4 is 5.32 Å². The van der Waals surface area contributed by atoms with Gasteiger partial charge in [-0.2, -0.15) is 5.26 Å². The highest BCUT2D eigenvalue weighted by Crippen LogP contribution is 2.38. The van der Waals surface area contributed by atoms with E-state index >= 15 is 0 Å². The number of pyridine rings is 1. The average molecular weight is 547 g/mol. The molecule has 0 radical (unpaired) electrons. The number of nitrogens with zero attached hydrogens (tertiary/aromatic N) is 3. The molecule has 1 unspecified atom stereocenters. The summed E-state index contributed by atoms with van der Waals surface area (Å²) in [5.74, 6) is -2.49. The summed E-state index contributed by atoms with van der Waals surface area (Å²) in [5, 5.41) is 12.6. The second-order valence-electron chi connectivity index (χ2n) is 9.82. The van der Waals surface area contributed by atoms with E-state index in [2.05, 4.69) is 16.4 Å². The number of nitriles is 1. The molecule has 0 aliphatic carbocycles. The van der Waals surface area contributed by atoms with E-state index in [0.29, 0.717) is 47.3 Å². The number of carbonyl (C=O) groups is 2. The van der Waals surface area contributed by atoms with E-state index < -0.39 is 17.7 Å². The summed E-state index contributed by atoms with van der Waals surface area (Å²) in [7, 11) is 0. The highest BCUT2D eigenvalue weighted by molar-refractivity contribution is 6.31. The molecular weight excluding hydrogens is 522 g/mol. The van der Waals surface area contributed by atoms with Gasteiger partial charge in [-0.1, -0.05) is 31.0 Å². The lowest BCUT2D eigenvalue weighted by Gasteiger charge is -2.34. The van der Waals surface area contributed by atoms with Crippen LogP contribution in [0.2, 0.25) is 5.02 Å². The SMILES string of the molecule is CC1CCC[C@H](N2CCC(c3c(F)ccc(Cl)c3F)=CC2=O)c2cc(ccn2)-c2c(C#N)cccc2NC1=O. The van der Waals surface area contributed by atoms with E-state index in [1.807, 2.05) is 13.0 Å². The molecule has 2 aliphatic heterocycles. The van der Waals surface area contributed by atoms with Crippen molar-refractivity contribution in [1.82, 2.24) is 9.88 Å². The number of halogens is 3. The quantitative estimate of drug-likeness (QED) is 0.364. The molecule has 2 bridgehead atoms. The molecule has 2 aliphatic rings. The molecule has 39 heavy (non-hydrogen) atoms. The number of hydrogen-bond donors (Lipinski definition) is 1. The van der Waals surface area contributed by atoms with Gasteiger partial charge < -0.3 is 10.2 Å². The third-order valence-electron chi connectivity index (χ3n) is 7.36. The Morgan fingerprint density at radius 1 is 1.13 bits per heavy atom. The molecule has 0 saturated carbocycles. The van der Waals surface area contributed by atoms with Crippen molar-refractivity contribution in [1.29, 1.82) is 5.26 Å². The van der Waals surface area contributed by atoms with Gasteiger partial charge in [0.1, 0.15) is 5.82 Å². The number of amides is 2. The van der Waals surface area contributed by atoms with E-state index in [4.69, 9.17) is 11.6 Å². The lowest BCUT2D eigenvalue weighted by atomic mass is 9.91. The first-order valence-electron chi connectivity index (χ1n) is 12.7. The predicted molar refractivity (Wildman–Crippen MR) is 144 cm³/mol. The van der Waals surface area contributed by atoms with Crippen LogP contribution >= 0.6 is 11.6 Å². The van der Waals surface area contributed by atoms with E-state index in [1.165, 1.54) is 6.08 Å². The average Bonchev–Trinajstić information content (AvgIpc) is 2.93. The summed E-state index contributed by atoms with van der Waals surface area (Å²) in [6.45, 7) is 2.07. The summed E-state index contributed by atoms with van der Waals surface area (Å²) in [5.41, 5.74) is 2.81. The molecule has 5 rings (SSSR count). The fourth-order valence-electron chi connectivity index (χ4n) is 5.30. The molecule has 2 atom stereocenters. The smallest absolute Gasteiger partial charge is 0.247 e. The van der Waals surface area contributed by atoms with Crippen molar-refractivity contribution in [2.75, 3.05) is 11.9 Å². The summed E-state index contributed by atoms with van der Waals surface area (Å²) < 4.78 is 29.2. The molecule has 3 aromatic rings. The summed E-state index contributed by atoms with van der Waals surface area (Å²) >= 11 is 5.88. The maximum absolute atomic E-state index is 14.7. The topological polar surface area (TPSA) is 86.1 Å². The van der Waals surface area contributed by atoms with Crippen LogP contribution in [0.3, 0.4) is 0 Å². The number of carbonyl (C=O) groups excluding carboxylic acids is 2. The van der Waals surface area contributed by atoms with Gasteiger partial charge in [0.2, 0.25) is 11.8 Å². The van der Waals surface area contributed by atoms with Gasteiger partial charge in [-0.3, -0.25) is 14.6 Å². The highest BCUT2D eigenvalue weighted by Gasteiger charge is 2.31. The number of nitrogens with one attached hydrogen (secondary N) is 1. The van der Waals surface area contributed by atoms with Gasteiger partial charge in [-0.05, 0) is 66.8 Å². The molecule has 6 nitrogen and oxygen atoms in total. The zero-order valence-corrected chi connectivity index (χ0v) is 21.9. The standard InChI is InChI=1S/C30H25ClF2N4O2/c1-17-4-2-7-25(37-13-11-19(15-26(37)38)28-22(32)9-8-21(31)29(28)33)24-14-18(10-12-35-24)27-20(16-34)5-3-6-23(27)36-30(17)39/h3,5-6,8-10,12,14-15,17,25H,2,4,7,11,13H2,1H3,(H,36,39)/t17?,25-/m0/s1. The van der Waals surface area contributed by atoms with Gasteiger partial charge in [-0.15, -0.1) is 0 Å². The van der Waals surface area contributed by atoms with Crippen molar-refractivity contribution in [2.24, 2.45) is 5.92 Å². The van der Waals surface area contributed by atoms with E-state index in [9.17, 15) is 23.6 Å². The number of aromatic nitrogens is 1. The zero-order valence-electron chi connectivity index (χ0n) is 21.2. The van der Waals surface area contributed by atoms with Gasteiger partial charge in [0.25, 0.3) is 0 Å². The first-order valence-corrected chi connectivity index (χ1v) is 13.1. The molecule has 9 heteroatoms. The Labute approximate surface area is 229 Å². The highest BCUT2D eigenvalue weighted by atomic mass is 35.5. The van der Waals surface area contributed by atoms with E-state index in [1.54, 1.807) is 35.4 Å². The van der Waals surface area contributed by atoms with Crippen LogP contribution in [-0.4, -0.2) is 28.2 Å². The van der Waals surface area contributed by atoms with Gasteiger partial charge in [0.05, 0.1) is 34.0 Å². The maximum atomic E-state index is 14.7. The minimum atomic E-state index is -0.885. The Morgan fingerprint density at radius 2 is 1.95 bits per heavy atom. The van der Waals surface area contributed by atoms with Crippen molar-refractivity contribution < 1.29 is 18.4 Å². The molecule has 0 spiro atoms. The molecule has 2 amide bonds. The van der Waals surface area contributed by atoms with Gasteiger partial charge >= 0.3 is 0 Å². The Balaban J connectivity index is 1.56. The third kappa shape index (κ3) is 5.15. The van der Waals surface area contributed by atoms with Crippen LogP contribution in [0.5, 0.6) is 0 Å². The molecule has 1 N–H and O–H groups in total. The number of hydrogen-bond acceptors (Lipinski definition) is 4. The fourth-order valence-corrected chi connectivity index (χ4v) is 5.46. The van der Waals surface area contributed by atoms with Crippen LogP contribution in [0.15, 0.2) is 54.7 Å². The lowest BCUT2D eigenvalue weighted by molar-refractivity contribution is -0.129. The fraction of sp³-hybridized carbons (Fsp3) is 0.267. The van der Waals surface area contributed by atoms with E-state index in [0.717, 1.165) is 12.1 Å². The minimum Gasteiger partial charge on any atom is -0.330 e. The summed E-state index contributed by atoms with van der Waals surface area (Å²) in [4.78, 5) is 32.6. The number of fused-ring (bicyclic) bond motifs is 4. The normalized spacial score (nSPS) is 19.7. The second kappa shape index (κ2) is 11.0.